The average molecular weight is 294 g/mol. The summed E-state index contributed by atoms with van der Waals surface area (Å²) in [5.74, 6) is -0.920. The molecule has 5 N–H and O–H groups in total. The molecule has 3 unspecified atom stereocenters. The van der Waals surface area contributed by atoms with Gasteiger partial charge in [-0.2, -0.15) is 0 Å². The van der Waals surface area contributed by atoms with E-state index in [1.165, 1.54) is 24.3 Å². The van der Waals surface area contributed by atoms with Crippen LogP contribution < -0.4 is 11.1 Å². The Morgan fingerprint density at radius 2 is 1.86 bits per heavy atom. The van der Waals surface area contributed by atoms with Crippen LogP contribution in [0.1, 0.15) is 27.1 Å². The van der Waals surface area contributed by atoms with Crippen LogP contribution in [0.4, 0.5) is 0 Å². The fraction of sp³-hybridized carbons (Fsp3) is 0.429. The number of ether oxygens (including phenoxy) is 1. The highest BCUT2D eigenvalue weighted by Gasteiger charge is 2.31. The third-order valence-electron chi connectivity index (χ3n) is 3.42. The van der Waals surface area contributed by atoms with Crippen LogP contribution in [-0.2, 0) is 4.74 Å². The number of amides is 2. The summed E-state index contributed by atoms with van der Waals surface area (Å²) in [6.07, 6.45) is -2.12. The summed E-state index contributed by atoms with van der Waals surface area (Å²) in [6.45, 7) is 0.431. The van der Waals surface area contributed by atoms with E-state index >= 15 is 0 Å². The Balaban J connectivity index is 1.91. The monoisotopic (exact) mass is 294 g/mol. The number of carbonyl (C=O) groups is 2. The first-order valence-corrected chi connectivity index (χ1v) is 6.65. The van der Waals surface area contributed by atoms with Crippen LogP contribution in [0.3, 0.4) is 0 Å². The highest BCUT2D eigenvalue weighted by atomic mass is 16.5. The first-order valence-electron chi connectivity index (χ1n) is 6.65. The maximum Gasteiger partial charge on any atom is 0.251 e. The number of hydrogen-bond acceptors (Lipinski definition) is 5. The van der Waals surface area contributed by atoms with Gasteiger partial charge in [0.15, 0.2) is 0 Å². The Hall–Kier alpha value is -1.96. The Kier molecular flexibility index (Phi) is 4.89. The van der Waals surface area contributed by atoms with E-state index in [1.807, 2.05) is 0 Å². The summed E-state index contributed by atoms with van der Waals surface area (Å²) < 4.78 is 5.31. The summed E-state index contributed by atoms with van der Waals surface area (Å²) in [5.41, 5.74) is 5.80. The van der Waals surface area contributed by atoms with Gasteiger partial charge in [-0.3, -0.25) is 9.59 Å². The minimum atomic E-state index is -1.02. The third kappa shape index (κ3) is 3.78. The normalized spacial score (nSPS) is 25.3. The predicted octanol–water partition coefficient (Wildman–Crippen LogP) is -0.974. The summed E-state index contributed by atoms with van der Waals surface area (Å²) in [7, 11) is 0. The summed E-state index contributed by atoms with van der Waals surface area (Å²) in [4.78, 5) is 22.9. The van der Waals surface area contributed by atoms with Gasteiger partial charge in [0.05, 0.1) is 6.10 Å². The molecule has 114 valence electrons. The van der Waals surface area contributed by atoms with E-state index in [9.17, 15) is 19.8 Å². The number of carbonyl (C=O) groups excluding carboxylic acids is 2. The van der Waals surface area contributed by atoms with Crippen molar-refractivity contribution in [1.82, 2.24) is 5.32 Å². The molecule has 3 atom stereocenters. The van der Waals surface area contributed by atoms with Crippen molar-refractivity contribution in [3.63, 3.8) is 0 Å². The number of hydrogen-bond donors (Lipinski definition) is 4. The smallest absolute Gasteiger partial charge is 0.251 e. The number of aliphatic hydroxyl groups is 2. The van der Waals surface area contributed by atoms with Crippen LogP contribution in [-0.4, -0.2) is 53.5 Å². The summed E-state index contributed by atoms with van der Waals surface area (Å²) >= 11 is 0. The molecule has 0 saturated carbocycles. The molecule has 0 aromatic heterocycles. The topological polar surface area (TPSA) is 122 Å². The van der Waals surface area contributed by atoms with Crippen LogP contribution in [0.5, 0.6) is 0 Å². The van der Waals surface area contributed by atoms with Crippen LogP contribution in [0.2, 0.25) is 0 Å². The Morgan fingerprint density at radius 3 is 2.48 bits per heavy atom. The molecular weight excluding hydrogens is 276 g/mol. The molecule has 2 amide bonds. The largest absolute Gasteiger partial charge is 0.390 e. The van der Waals surface area contributed by atoms with Gasteiger partial charge in [0.1, 0.15) is 12.2 Å². The molecule has 21 heavy (non-hydrogen) atoms. The number of nitrogens with one attached hydrogen (secondary N) is 1. The lowest BCUT2D eigenvalue weighted by Crippen LogP contribution is -2.49. The van der Waals surface area contributed by atoms with E-state index in [0.717, 1.165) is 0 Å². The van der Waals surface area contributed by atoms with Crippen molar-refractivity contribution in [2.24, 2.45) is 5.73 Å². The molecule has 0 radical (unpaired) electrons. The van der Waals surface area contributed by atoms with E-state index in [-0.39, 0.29) is 12.5 Å². The highest BCUT2D eigenvalue weighted by Crippen LogP contribution is 2.14. The van der Waals surface area contributed by atoms with Crippen molar-refractivity contribution < 1.29 is 24.5 Å². The van der Waals surface area contributed by atoms with E-state index in [0.29, 0.717) is 24.2 Å². The number of benzene rings is 1. The maximum absolute atomic E-state index is 11.9. The molecule has 1 fully saturated rings. The van der Waals surface area contributed by atoms with Crippen molar-refractivity contribution in [1.29, 1.82) is 0 Å². The zero-order valence-corrected chi connectivity index (χ0v) is 11.4. The molecule has 1 aromatic rings. The standard InChI is InChI=1S/C14H18N2O5/c15-13(19)8-1-3-9(4-2-8)14(20)16-7-11-12(18)10(17)5-6-21-11/h1-4,10-12,17-18H,5-7H2,(H2,15,19)(H,16,20). The van der Waals surface area contributed by atoms with Gasteiger partial charge in [-0.1, -0.05) is 0 Å². The minimum absolute atomic E-state index is 0.0919. The van der Waals surface area contributed by atoms with Gasteiger partial charge in [0.25, 0.3) is 5.91 Å². The van der Waals surface area contributed by atoms with Crippen molar-refractivity contribution in [3.05, 3.63) is 35.4 Å². The average Bonchev–Trinajstić information content (AvgIpc) is 2.48. The molecule has 1 saturated heterocycles. The van der Waals surface area contributed by atoms with Crippen molar-refractivity contribution in [2.75, 3.05) is 13.2 Å². The van der Waals surface area contributed by atoms with E-state index in [4.69, 9.17) is 10.5 Å². The lowest BCUT2D eigenvalue weighted by Gasteiger charge is -2.32. The van der Waals surface area contributed by atoms with Gasteiger partial charge in [0, 0.05) is 24.3 Å². The van der Waals surface area contributed by atoms with E-state index in [2.05, 4.69) is 5.32 Å². The lowest BCUT2D eigenvalue weighted by atomic mass is 10.0. The van der Waals surface area contributed by atoms with E-state index < -0.39 is 24.2 Å². The first-order chi connectivity index (χ1) is 9.99. The summed E-state index contributed by atoms with van der Waals surface area (Å²) in [5, 5.41) is 21.9. The predicted molar refractivity (Wildman–Crippen MR) is 73.7 cm³/mol. The van der Waals surface area contributed by atoms with Crippen LogP contribution >= 0.6 is 0 Å². The molecule has 1 aliphatic heterocycles. The Morgan fingerprint density at radius 1 is 1.24 bits per heavy atom. The molecule has 2 rings (SSSR count). The first kappa shape index (κ1) is 15.4. The van der Waals surface area contributed by atoms with E-state index in [1.54, 1.807) is 0 Å². The second-order valence-corrected chi connectivity index (χ2v) is 4.91. The molecule has 7 heteroatoms. The lowest BCUT2D eigenvalue weighted by molar-refractivity contribution is -0.132. The molecule has 0 spiro atoms. The van der Waals surface area contributed by atoms with Crippen LogP contribution in [0.15, 0.2) is 24.3 Å². The minimum Gasteiger partial charge on any atom is -0.390 e. The fourth-order valence-corrected chi connectivity index (χ4v) is 2.12. The van der Waals surface area contributed by atoms with Gasteiger partial charge in [0.2, 0.25) is 5.91 Å². The number of aliphatic hydroxyl groups excluding tert-OH is 2. The zero-order valence-electron chi connectivity index (χ0n) is 11.4. The van der Waals surface area contributed by atoms with Gasteiger partial charge in [-0.15, -0.1) is 0 Å². The maximum atomic E-state index is 11.9. The van der Waals surface area contributed by atoms with Gasteiger partial charge in [-0.05, 0) is 30.7 Å². The van der Waals surface area contributed by atoms with Gasteiger partial charge < -0.3 is 26.0 Å². The van der Waals surface area contributed by atoms with Crippen molar-refractivity contribution in [2.45, 2.75) is 24.7 Å². The SMILES string of the molecule is NC(=O)c1ccc(C(=O)NCC2OCCC(O)C2O)cc1. The Bertz CT molecular complexity index is 517. The molecule has 7 nitrogen and oxygen atoms in total. The molecule has 0 bridgehead atoms. The third-order valence-corrected chi connectivity index (χ3v) is 3.42. The molecular formula is C14H18N2O5. The van der Waals surface area contributed by atoms with Gasteiger partial charge >= 0.3 is 0 Å². The highest BCUT2D eigenvalue weighted by molar-refractivity contribution is 5.97. The second-order valence-electron chi connectivity index (χ2n) is 4.91. The van der Waals surface area contributed by atoms with Crippen molar-refractivity contribution in [3.8, 4) is 0 Å². The van der Waals surface area contributed by atoms with Gasteiger partial charge in [-0.25, -0.2) is 0 Å². The molecule has 1 aliphatic rings. The summed E-state index contributed by atoms with van der Waals surface area (Å²) in [6, 6.07) is 5.91. The second kappa shape index (κ2) is 6.66. The molecule has 0 aliphatic carbocycles. The zero-order chi connectivity index (χ0) is 15.4. The number of nitrogens with two attached hydrogens (primary N) is 1. The van der Waals surface area contributed by atoms with Crippen LogP contribution in [0.25, 0.3) is 0 Å². The molecule has 1 aromatic carbocycles. The Labute approximate surface area is 121 Å². The molecule has 1 heterocycles. The number of rotatable bonds is 4. The quantitative estimate of drug-likeness (QED) is 0.569. The van der Waals surface area contributed by atoms with Crippen LogP contribution in [0, 0.1) is 0 Å². The fourth-order valence-electron chi connectivity index (χ4n) is 2.12. The number of primary amides is 1. The van der Waals surface area contributed by atoms with Crippen molar-refractivity contribution >= 4 is 11.8 Å².